The third-order valence-corrected chi connectivity index (χ3v) is 5.51. The highest BCUT2D eigenvalue weighted by Crippen LogP contribution is 2.39. The standard InChI is InChI=1S/C19H24N2O3S/c1-3-15-16(7-6-12(2)20-15)24-11-18(23)21-19(13-9-14(22)10-13)17-5-4-8-25-17/h4-8,13-14,19,22H,3,9-11H2,1-2H3,(H,21,23). The molecule has 1 saturated carbocycles. The van der Waals surface area contributed by atoms with Crippen molar-refractivity contribution < 1.29 is 14.6 Å². The molecule has 1 atom stereocenters. The van der Waals surface area contributed by atoms with E-state index < -0.39 is 0 Å². The zero-order chi connectivity index (χ0) is 17.8. The highest BCUT2D eigenvalue weighted by Gasteiger charge is 2.36. The van der Waals surface area contributed by atoms with Crippen LogP contribution >= 0.6 is 11.3 Å². The number of nitrogens with one attached hydrogen (secondary N) is 1. The summed E-state index contributed by atoms with van der Waals surface area (Å²) >= 11 is 1.63. The summed E-state index contributed by atoms with van der Waals surface area (Å²) in [6.07, 6.45) is 1.97. The van der Waals surface area contributed by atoms with Crippen LogP contribution in [-0.2, 0) is 11.2 Å². The molecule has 1 unspecified atom stereocenters. The molecule has 1 amide bonds. The van der Waals surface area contributed by atoms with Crippen molar-refractivity contribution in [2.75, 3.05) is 6.61 Å². The van der Waals surface area contributed by atoms with E-state index in [1.165, 1.54) is 0 Å². The summed E-state index contributed by atoms with van der Waals surface area (Å²) in [5.41, 5.74) is 1.81. The van der Waals surface area contributed by atoms with Gasteiger partial charge in [-0.2, -0.15) is 0 Å². The Morgan fingerprint density at radius 2 is 2.24 bits per heavy atom. The quantitative estimate of drug-likeness (QED) is 0.796. The molecule has 2 aromatic rings. The Morgan fingerprint density at radius 3 is 2.88 bits per heavy atom. The zero-order valence-corrected chi connectivity index (χ0v) is 15.4. The number of aliphatic hydroxyl groups is 1. The van der Waals surface area contributed by atoms with Crippen molar-refractivity contribution in [2.45, 2.75) is 45.3 Å². The molecule has 5 nitrogen and oxygen atoms in total. The summed E-state index contributed by atoms with van der Waals surface area (Å²) in [5.74, 6) is 0.794. The topological polar surface area (TPSA) is 71.5 Å². The fourth-order valence-corrected chi connectivity index (χ4v) is 4.00. The molecule has 0 aromatic carbocycles. The van der Waals surface area contributed by atoms with E-state index in [4.69, 9.17) is 4.74 Å². The van der Waals surface area contributed by atoms with E-state index in [1.807, 2.05) is 43.5 Å². The van der Waals surface area contributed by atoms with Crippen LogP contribution in [0.15, 0.2) is 29.6 Å². The summed E-state index contributed by atoms with van der Waals surface area (Å²) in [6.45, 7) is 3.92. The Hall–Kier alpha value is -1.92. The Labute approximate surface area is 152 Å². The number of aliphatic hydroxyl groups excluding tert-OH is 1. The third-order valence-electron chi connectivity index (χ3n) is 4.55. The Kier molecular flexibility index (Phi) is 5.71. The minimum absolute atomic E-state index is 0.0328. The van der Waals surface area contributed by atoms with Gasteiger partial charge in [0.2, 0.25) is 0 Å². The summed E-state index contributed by atoms with van der Waals surface area (Å²) < 4.78 is 5.70. The molecule has 0 radical (unpaired) electrons. The molecular weight excluding hydrogens is 336 g/mol. The van der Waals surface area contributed by atoms with Crippen LogP contribution in [-0.4, -0.2) is 28.7 Å². The molecule has 1 aliphatic rings. The van der Waals surface area contributed by atoms with Crippen molar-refractivity contribution in [3.63, 3.8) is 0 Å². The summed E-state index contributed by atoms with van der Waals surface area (Å²) in [6, 6.07) is 7.71. The van der Waals surface area contributed by atoms with Crippen LogP contribution in [0.3, 0.4) is 0 Å². The molecule has 25 heavy (non-hydrogen) atoms. The van der Waals surface area contributed by atoms with E-state index >= 15 is 0 Å². The number of thiophene rings is 1. The van der Waals surface area contributed by atoms with Gasteiger partial charge in [-0.05, 0) is 55.7 Å². The molecule has 6 heteroatoms. The van der Waals surface area contributed by atoms with Gasteiger partial charge in [0, 0.05) is 10.6 Å². The van der Waals surface area contributed by atoms with Crippen LogP contribution in [0.5, 0.6) is 5.75 Å². The Balaban J connectivity index is 1.60. The summed E-state index contributed by atoms with van der Waals surface area (Å²) in [4.78, 5) is 18.0. The van der Waals surface area contributed by atoms with Crippen LogP contribution in [0.1, 0.15) is 42.1 Å². The number of amides is 1. The van der Waals surface area contributed by atoms with E-state index in [0.29, 0.717) is 5.75 Å². The van der Waals surface area contributed by atoms with E-state index in [0.717, 1.165) is 35.5 Å². The molecule has 0 saturated heterocycles. The lowest BCUT2D eigenvalue weighted by molar-refractivity contribution is -0.125. The number of hydrogen-bond donors (Lipinski definition) is 2. The van der Waals surface area contributed by atoms with Crippen molar-refractivity contribution in [2.24, 2.45) is 5.92 Å². The van der Waals surface area contributed by atoms with Crippen molar-refractivity contribution in [3.8, 4) is 5.75 Å². The lowest BCUT2D eigenvalue weighted by atomic mass is 9.77. The monoisotopic (exact) mass is 360 g/mol. The SMILES string of the molecule is CCc1nc(C)ccc1OCC(=O)NC(c1cccs1)C1CC(O)C1. The van der Waals surface area contributed by atoms with Gasteiger partial charge in [0.25, 0.3) is 5.91 Å². The molecule has 0 bridgehead atoms. The van der Waals surface area contributed by atoms with Crippen molar-refractivity contribution in [1.82, 2.24) is 10.3 Å². The first kappa shape index (κ1) is 17.9. The highest BCUT2D eigenvalue weighted by atomic mass is 32.1. The zero-order valence-electron chi connectivity index (χ0n) is 14.6. The number of carbonyl (C=O) groups excluding carboxylic acids is 1. The largest absolute Gasteiger partial charge is 0.482 e. The van der Waals surface area contributed by atoms with Crippen LogP contribution in [0.25, 0.3) is 0 Å². The third kappa shape index (κ3) is 4.38. The van der Waals surface area contributed by atoms with Gasteiger partial charge in [-0.1, -0.05) is 13.0 Å². The van der Waals surface area contributed by atoms with Crippen LogP contribution in [0.4, 0.5) is 0 Å². The van der Waals surface area contributed by atoms with Crippen LogP contribution in [0.2, 0.25) is 0 Å². The number of carbonyl (C=O) groups is 1. The maximum Gasteiger partial charge on any atom is 0.258 e. The van der Waals surface area contributed by atoms with Crippen molar-refractivity contribution in [3.05, 3.63) is 45.9 Å². The average Bonchev–Trinajstić information content (AvgIpc) is 3.10. The lowest BCUT2D eigenvalue weighted by Gasteiger charge is -2.37. The first-order chi connectivity index (χ1) is 12.1. The number of rotatable bonds is 7. The Morgan fingerprint density at radius 1 is 1.44 bits per heavy atom. The van der Waals surface area contributed by atoms with Gasteiger partial charge in [-0.25, -0.2) is 0 Å². The molecule has 2 aromatic heterocycles. The first-order valence-electron chi connectivity index (χ1n) is 8.67. The average molecular weight is 360 g/mol. The molecule has 2 N–H and O–H groups in total. The van der Waals surface area contributed by atoms with Gasteiger partial charge in [0.1, 0.15) is 5.75 Å². The second-order valence-electron chi connectivity index (χ2n) is 6.49. The van der Waals surface area contributed by atoms with Gasteiger partial charge in [-0.3, -0.25) is 9.78 Å². The predicted octanol–water partition coefficient (Wildman–Crippen LogP) is 3.02. The van der Waals surface area contributed by atoms with Gasteiger partial charge < -0.3 is 15.2 Å². The van der Waals surface area contributed by atoms with Crippen molar-refractivity contribution >= 4 is 17.2 Å². The number of nitrogens with zero attached hydrogens (tertiary/aromatic N) is 1. The molecule has 0 spiro atoms. The normalized spacial score (nSPS) is 20.6. The van der Waals surface area contributed by atoms with E-state index in [1.54, 1.807) is 11.3 Å². The smallest absolute Gasteiger partial charge is 0.258 e. The van der Waals surface area contributed by atoms with Gasteiger partial charge in [-0.15, -0.1) is 11.3 Å². The number of aromatic nitrogens is 1. The molecule has 3 rings (SSSR count). The fraction of sp³-hybridized carbons (Fsp3) is 0.474. The number of aryl methyl sites for hydroxylation is 2. The minimum Gasteiger partial charge on any atom is -0.482 e. The lowest BCUT2D eigenvalue weighted by Crippen LogP contribution is -2.42. The molecule has 2 heterocycles. The van der Waals surface area contributed by atoms with E-state index in [2.05, 4.69) is 10.3 Å². The minimum atomic E-state index is -0.244. The molecule has 1 aliphatic carbocycles. The van der Waals surface area contributed by atoms with Crippen LogP contribution < -0.4 is 10.1 Å². The van der Waals surface area contributed by atoms with Gasteiger partial charge in [0.05, 0.1) is 17.8 Å². The highest BCUT2D eigenvalue weighted by molar-refractivity contribution is 7.10. The van der Waals surface area contributed by atoms with Crippen molar-refractivity contribution in [1.29, 1.82) is 0 Å². The number of ether oxygens (including phenoxy) is 1. The maximum atomic E-state index is 12.4. The Bertz CT molecular complexity index is 711. The maximum absolute atomic E-state index is 12.4. The fourth-order valence-electron chi connectivity index (χ4n) is 3.13. The molecule has 0 aliphatic heterocycles. The second-order valence-corrected chi connectivity index (χ2v) is 7.46. The molecule has 1 fully saturated rings. The number of hydrogen-bond acceptors (Lipinski definition) is 5. The number of pyridine rings is 1. The first-order valence-corrected chi connectivity index (χ1v) is 9.55. The molecule has 134 valence electrons. The summed E-state index contributed by atoms with van der Waals surface area (Å²) in [5, 5.41) is 14.7. The molecular formula is C19H24N2O3S. The summed E-state index contributed by atoms with van der Waals surface area (Å²) in [7, 11) is 0. The van der Waals surface area contributed by atoms with Gasteiger partial charge in [0.15, 0.2) is 6.61 Å². The second kappa shape index (κ2) is 7.97. The van der Waals surface area contributed by atoms with Gasteiger partial charge >= 0.3 is 0 Å². The van der Waals surface area contributed by atoms with E-state index in [-0.39, 0.29) is 30.6 Å². The van der Waals surface area contributed by atoms with Crippen LogP contribution in [0, 0.1) is 12.8 Å². The predicted molar refractivity (Wildman–Crippen MR) is 97.8 cm³/mol. The van der Waals surface area contributed by atoms with E-state index in [9.17, 15) is 9.90 Å².